The van der Waals surface area contributed by atoms with Gasteiger partial charge >= 0.3 is 6.09 Å². The van der Waals surface area contributed by atoms with E-state index in [-0.39, 0.29) is 24.1 Å². The number of fused-ring (bicyclic) bond motifs is 3. The summed E-state index contributed by atoms with van der Waals surface area (Å²) in [5, 5.41) is 13.5. The van der Waals surface area contributed by atoms with Crippen LogP contribution < -0.4 is 25.8 Å². The van der Waals surface area contributed by atoms with Crippen LogP contribution in [0.2, 0.25) is 0 Å². The minimum absolute atomic E-state index is 0.0744. The highest BCUT2D eigenvalue weighted by Crippen LogP contribution is 2.48. The first-order valence-corrected chi connectivity index (χ1v) is 12.7. The molecular formula is C28H29N5O5. The van der Waals surface area contributed by atoms with Gasteiger partial charge in [0.2, 0.25) is 5.91 Å². The number of ether oxygens (including phenoxy) is 2. The SMILES string of the molecule is CC(C)(C)OC(=O)NCc1n[nH]c(=O)c2ccc(N3C=CC4(C3)C(=O)Nc3c(OC5CC5)cccc34)cc12. The van der Waals surface area contributed by atoms with Crippen LogP contribution in [0.4, 0.5) is 16.2 Å². The van der Waals surface area contributed by atoms with Crippen molar-refractivity contribution in [1.29, 1.82) is 0 Å². The molecule has 1 fully saturated rings. The van der Waals surface area contributed by atoms with Gasteiger partial charge in [-0.3, -0.25) is 9.59 Å². The van der Waals surface area contributed by atoms with Gasteiger partial charge in [-0.1, -0.05) is 12.1 Å². The number of anilines is 2. The molecule has 196 valence electrons. The van der Waals surface area contributed by atoms with Crippen molar-refractivity contribution >= 4 is 34.1 Å². The van der Waals surface area contributed by atoms with E-state index in [1.165, 1.54) is 0 Å². The lowest BCUT2D eigenvalue weighted by molar-refractivity contribution is -0.118. The smallest absolute Gasteiger partial charge is 0.407 e. The molecule has 2 aromatic carbocycles. The predicted octanol–water partition coefficient (Wildman–Crippen LogP) is 3.71. The van der Waals surface area contributed by atoms with Crippen LogP contribution in [0.25, 0.3) is 10.8 Å². The molecule has 0 radical (unpaired) electrons. The zero-order valence-corrected chi connectivity index (χ0v) is 21.5. The number of amides is 2. The quantitative estimate of drug-likeness (QED) is 0.473. The molecule has 6 rings (SSSR count). The maximum Gasteiger partial charge on any atom is 0.407 e. The number of nitrogens with zero attached hydrogens (tertiary/aromatic N) is 2. The number of aromatic nitrogens is 2. The van der Waals surface area contributed by atoms with E-state index < -0.39 is 17.1 Å². The van der Waals surface area contributed by atoms with Crippen LogP contribution in [0.1, 0.15) is 44.9 Å². The summed E-state index contributed by atoms with van der Waals surface area (Å²) >= 11 is 0. The van der Waals surface area contributed by atoms with Crippen molar-refractivity contribution in [3.8, 4) is 5.75 Å². The topological polar surface area (TPSA) is 126 Å². The maximum atomic E-state index is 13.3. The van der Waals surface area contributed by atoms with Gasteiger partial charge in [-0.2, -0.15) is 5.10 Å². The van der Waals surface area contributed by atoms with Crippen LogP contribution in [0.3, 0.4) is 0 Å². The van der Waals surface area contributed by atoms with E-state index in [0.717, 1.165) is 29.8 Å². The first-order chi connectivity index (χ1) is 18.1. The fourth-order valence-electron chi connectivity index (χ4n) is 4.93. The fourth-order valence-corrected chi connectivity index (χ4v) is 4.93. The van der Waals surface area contributed by atoms with Gasteiger partial charge in [-0.15, -0.1) is 0 Å². The predicted molar refractivity (Wildman–Crippen MR) is 142 cm³/mol. The van der Waals surface area contributed by atoms with Gasteiger partial charge in [0.25, 0.3) is 5.56 Å². The van der Waals surface area contributed by atoms with Crippen molar-refractivity contribution in [2.45, 2.75) is 57.3 Å². The average molecular weight is 516 g/mol. The van der Waals surface area contributed by atoms with Crippen molar-refractivity contribution in [2.75, 3.05) is 16.8 Å². The number of carbonyl (C=O) groups is 2. The number of benzene rings is 2. The molecule has 3 N–H and O–H groups in total. The highest BCUT2D eigenvalue weighted by Gasteiger charge is 2.49. The molecule has 10 nitrogen and oxygen atoms in total. The minimum atomic E-state index is -0.847. The summed E-state index contributed by atoms with van der Waals surface area (Å²) in [6.07, 6.45) is 5.52. The Morgan fingerprint density at radius 1 is 1.18 bits per heavy atom. The fraction of sp³-hybridized carbons (Fsp3) is 0.357. The summed E-state index contributed by atoms with van der Waals surface area (Å²) < 4.78 is 11.4. The summed E-state index contributed by atoms with van der Waals surface area (Å²) in [6, 6.07) is 11.2. The number of hydrogen-bond donors (Lipinski definition) is 3. The Morgan fingerprint density at radius 3 is 2.76 bits per heavy atom. The number of para-hydroxylation sites is 1. The van der Waals surface area contributed by atoms with E-state index in [1.54, 1.807) is 26.8 Å². The van der Waals surface area contributed by atoms with Crippen LogP contribution in [0.15, 0.2) is 53.5 Å². The number of carbonyl (C=O) groups excluding carboxylic acids is 2. The Hall–Kier alpha value is -4.34. The Balaban J connectivity index is 1.28. The van der Waals surface area contributed by atoms with Crippen molar-refractivity contribution in [3.63, 3.8) is 0 Å². The zero-order valence-electron chi connectivity index (χ0n) is 21.5. The maximum absolute atomic E-state index is 13.3. The number of nitrogens with one attached hydrogen (secondary N) is 3. The third-order valence-electron chi connectivity index (χ3n) is 6.91. The molecule has 0 saturated heterocycles. The third-order valence-corrected chi connectivity index (χ3v) is 6.91. The molecular weight excluding hydrogens is 486 g/mol. The number of H-pyrrole nitrogens is 1. The van der Waals surface area contributed by atoms with E-state index in [2.05, 4.69) is 20.8 Å². The van der Waals surface area contributed by atoms with E-state index in [0.29, 0.717) is 28.8 Å². The molecule has 3 heterocycles. The van der Waals surface area contributed by atoms with E-state index in [1.807, 2.05) is 47.5 Å². The summed E-state index contributed by atoms with van der Waals surface area (Å²) in [6.45, 7) is 5.82. The third kappa shape index (κ3) is 4.25. The highest BCUT2D eigenvalue weighted by molar-refractivity contribution is 6.10. The lowest BCUT2D eigenvalue weighted by atomic mass is 9.82. The van der Waals surface area contributed by atoms with E-state index in [4.69, 9.17) is 9.47 Å². The Labute approximate surface area is 219 Å². The highest BCUT2D eigenvalue weighted by atomic mass is 16.6. The number of alkyl carbamates (subject to hydrolysis) is 1. The summed E-state index contributed by atoms with van der Waals surface area (Å²) in [4.78, 5) is 39.9. The van der Waals surface area contributed by atoms with Gasteiger partial charge in [0.1, 0.15) is 16.8 Å². The van der Waals surface area contributed by atoms with Crippen LogP contribution >= 0.6 is 0 Å². The zero-order chi connectivity index (χ0) is 26.7. The molecule has 38 heavy (non-hydrogen) atoms. The molecule has 1 aromatic heterocycles. The average Bonchev–Trinajstić information content (AvgIpc) is 3.49. The summed E-state index contributed by atoms with van der Waals surface area (Å²) in [7, 11) is 0. The van der Waals surface area contributed by atoms with Gasteiger partial charge in [0.15, 0.2) is 0 Å². The van der Waals surface area contributed by atoms with Crippen molar-refractivity contribution in [2.24, 2.45) is 0 Å². The molecule has 10 heteroatoms. The second kappa shape index (κ2) is 8.61. The van der Waals surface area contributed by atoms with Gasteiger partial charge < -0.3 is 25.0 Å². The molecule has 2 amide bonds. The van der Waals surface area contributed by atoms with E-state index in [9.17, 15) is 14.4 Å². The number of aromatic amines is 1. The molecule has 1 atom stereocenters. The summed E-state index contributed by atoms with van der Waals surface area (Å²) in [5.74, 6) is 0.611. The molecule has 1 unspecified atom stereocenters. The first-order valence-electron chi connectivity index (χ1n) is 12.7. The van der Waals surface area contributed by atoms with Gasteiger partial charge in [0.05, 0.1) is 29.4 Å². The minimum Gasteiger partial charge on any atom is -0.488 e. The van der Waals surface area contributed by atoms with Crippen molar-refractivity contribution in [3.05, 3.63) is 70.3 Å². The molecule has 1 saturated carbocycles. The number of hydrogen-bond acceptors (Lipinski definition) is 7. The van der Waals surface area contributed by atoms with Gasteiger partial charge in [-0.05, 0) is 64.0 Å². The van der Waals surface area contributed by atoms with Crippen molar-refractivity contribution in [1.82, 2.24) is 15.5 Å². The van der Waals surface area contributed by atoms with Crippen LogP contribution in [-0.2, 0) is 21.5 Å². The largest absolute Gasteiger partial charge is 0.488 e. The molecule has 3 aliphatic rings. The lowest BCUT2D eigenvalue weighted by Gasteiger charge is -2.24. The monoisotopic (exact) mass is 515 g/mol. The van der Waals surface area contributed by atoms with E-state index >= 15 is 0 Å². The summed E-state index contributed by atoms with van der Waals surface area (Å²) in [5.41, 5.74) is 1.11. The second-order valence-electron chi connectivity index (χ2n) is 10.9. The van der Waals surface area contributed by atoms with Crippen LogP contribution in [0.5, 0.6) is 5.75 Å². The molecule has 1 aliphatic carbocycles. The van der Waals surface area contributed by atoms with Gasteiger partial charge in [0, 0.05) is 29.4 Å². The number of rotatable bonds is 5. The van der Waals surface area contributed by atoms with Crippen LogP contribution in [0, 0.1) is 0 Å². The second-order valence-corrected chi connectivity index (χ2v) is 10.9. The Kier molecular flexibility index (Phi) is 5.44. The lowest BCUT2D eigenvalue weighted by Crippen LogP contribution is -2.38. The molecule has 2 aliphatic heterocycles. The van der Waals surface area contributed by atoms with Crippen molar-refractivity contribution < 1.29 is 19.1 Å². The molecule has 3 aromatic rings. The standard InChI is InChI=1S/C28H29N5O5/c1-27(2,3)38-26(36)29-14-21-19-13-16(7-10-18(19)24(34)32-31-21)33-12-11-28(15-33)20-5-4-6-22(37-17-8-9-17)23(20)30-25(28)35/h4-7,10-13,17H,8-9,14-15H2,1-3H3,(H,29,36)(H,30,35)(H,32,34). The van der Waals surface area contributed by atoms with Gasteiger partial charge in [-0.25, -0.2) is 9.89 Å². The Morgan fingerprint density at radius 2 is 2.00 bits per heavy atom. The molecule has 0 bridgehead atoms. The van der Waals surface area contributed by atoms with Crippen LogP contribution in [-0.4, -0.2) is 40.4 Å². The molecule has 1 spiro atoms. The first kappa shape index (κ1) is 24.0. The normalized spacial score (nSPS) is 20.1. The Bertz CT molecular complexity index is 1550.